The maximum absolute atomic E-state index is 12.5. The molecule has 10 heteroatoms. The highest BCUT2D eigenvalue weighted by atomic mass is 32.2. The normalized spacial score (nSPS) is 17.8. The maximum Gasteiger partial charge on any atom is 0.446 e. The van der Waals surface area contributed by atoms with Crippen LogP contribution in [0.2, 0.25) is 0 Å². The number of anilines is 2. The molecule has 0 radical (unpaired) electrons. The van der Waals surface area contributed by atoms with Crippen molar-refractivity contribution in [2.24, 2.45) is 0 Å². The largest absolute Gasteiger partial charge is 0.497 e. The summed E-state index contributed by atoms with van der Waals surface area (Å²) in [6, 6.07) is 14.7. The Labute approximate surface area is 214 Å². The molecule has 2 heterocycles. The van der Waals surface area contributed by atoms with Gasteiger partial charge in [-0.1, -0.05) is 0 Å². The van der Waals surface area contributed by atoms with Crippen molar-refractivity contribution in [3.63, 3.8) is 0 Å². The van der Waals surface area contributed by atoms with E-state index in [4.69, 9.17) is 4.74 Å². The zero-order valence-corrected chi connectivity index (χ0v) is 21.3. The first-order chi connectivity index (χ1) is 17.3. The number of rotatable bonds is 8. The fourth-order valence-corrected chi connectivity index (χ4v) is 5.26. The van der Waals surface area contributed by atoms with Crippen LogP contribution in [0, 0.1) is 0 Å². The standard InChI is InChI=1S/C26H33F3N4O2S/c1-35-23-6-2-21(3-7-23)33-18-16-31(17-19-33)13-12-25(34)30-20-10-14-32(15-11-20)22-4-8-24(9-5-22)36-26(27,28)29/h2-9,20H,10-19H2,1H3,(H,30,34). The summed E-state index contributed by atoms with van der Waals surface area (Å²) < 4.78 is 42.8. The van der Waals surface area contributed by atoms with Crippen molar-refractivity contribution in [1.29, 1.82) is 0 Å². The van der Waals surface area contributed by atoms with Gasteiger partial charge in [-0.25, -0.2) is 0 Å². The third kappa shape index (κ3) is 7.70. The lowest BCUT2D eigenvalue weighted by molar-refractivity contribution is -0.122. The number of carbonyl (C=O) groups is 1. The van der Waals surface area contributed by atoms with Gasteiger partial charge in [-0.2, -0.15) is 13.2 Å². The molecule has 1 N–H and O–H groups in total. The van der Waals surface area contributed by atoms with Crippen LogP contribution in [-0.4, -0.2) is 75.3 Å². The lowest BCUT2D eigenvalue weighted by Crippen LogP contribution is -2.48. The number of piperidine rings is 1. The zero-order chi connectivity index (χ0) is 25.5. The fourth-order valence-electron chi connectivity index (χ4n) is 4.72. The Morgan fingerprint density at radius 2 is 1.47 bits per heavy atom. The van der Waals surface area contributed by atoms with Crippen LogP contribution in [0.4, 0.5) is 24.5 Å². The number of alkyl halides is 3. The van der Waals surface area contributed by atoms with E-state index in [1.165, 1.54) is 17.8 Å². The van der Waals surface area contributed by atoms with Gasteiger partial charge >= 0.3 is 5.51 Å². The number of halogens is 3. The number of nitrogens with one attached hydrogen (secondary N) is 1. The van der Waals surface area contributed by atoms with Crippen LogP contribution in [0.25, 0.3) is 0 Å². The van der Waals surface area contributed by atoms with Crippen molar-refractivity contribution in [3.8, 4) is 5.75 Å². The summed E-state index contributed by atoms with van der Waals surface area (Å²) in [6.07, 6.45) is 2.14. The van der Waals surface area contributed by atoms with E-state index in [9.17, 15) is 18.0 Å². The van der Waals surface area contributed by atoms with E-state index in [0.717, 1.165) is 70.1 Å². The fraction of sp³-hybridized carbons (Fsp3) is 0.500. The van der Waals surface area contributed by atoms with E-state index in [2.05, 4.69) is 32.1 Å². The Kier molecular flexibility index (Phi) is 8.90. The topological polar surface area (TPSA) is 48.1 Å². The number of nitrogens with zero attached hydrogens (tertiary/aromatic N) is 3. The Morgan fingerprint density at radius 1 is 0.917 bits per heavy atom. The molecule has 0 spiro atoms. The molecule has 0 atom stereocenters. The second-order valence-electron chi connectivity index (χ2n) is 9.15. The number of hydrogen-bond donors (Lipinski definition) is 1. The third-order valence-corrected chi connectivity index (χ3v) is 7.50. The lowest BCUT2D eigenvalue weighted by atomic mass is 10.0. The number of methoxy groups -OCH3 is 1. The molecule has 2 aromatic carbocycles. The molecule has 196 valence electrons. The Hall–Kier alpha value is -2.59. The molecule has 0 aromatic heterocycles. The maximum atomic E-state index is 12.5. The molecule has 4 rings (SSSR count). The van der Waals surface area contributed by atoms with Crippen LogP contribution < -0.4 is 19.9 Å². The first-order valence-corrected chi connectivity index (χ1v) is 13.1. The molecule has 6 nitrogen and oxygen atoms in total. The van der Waals surface area contributed by atoms with E-state index in [-0.39, 0.29) is 28.6 Å². The van der Waals surface area contributed by atoms with Crippen LogP contribution in [0.5, 0.6) is 5.75 Å². The first-order valence-electron chi connectivity index (χ1n) is 12.3. The minimum Gasteiger partial charge on any atom is -0.497 e. The summed E-state index contributed by atoms with van der Waals surface area (Å²) in [7, 11) is 1.67. The van der Waals surface area contributed by atoms with E-state index >= 15 is 0 Å². The molecule has 0 saturated carbocycles. The average molecular weight is 523 g/mol. The monoisotopic (exact) mass is 522 g/mol. The lowest BCUT2D eigenvalue weighted by Gasteiger charge is -2.36. The zero-order valence-electron chi connectivity index (χ0n) is 20.5. The number of ether oxygens (including phenoxy) is 1. The van der Waals surface area contributed by atoms with Gasteiger partial charge in [-0.05, 0) is 73.1 Å². The first kappa shape index (κ1) is 26.5. The van der Waals surface area contributed by atoms with Crippen molar-refractivity contribution in [3.05, 3.63) is 48.5 Å². The minimum absolute atomic E-state index is 0.0829. The predicted molar refractivity (Wildman–Crippen MR) is 138 cm³/mol. The second kappa shape index (κ2) is 12.1. The van der Waals surface area contributed by atoms with Crippen molar-refractivity contribution < 1.29 is 22.7 Å². The van der Waals surface area contributed by atoms with Gasteiger partial charge in [-0.15, -0.1) is 0 Å². The van der Waals surface area contributed by atoms with Gasteiger partial charge in [0.2, 0.25) is 5.91 Å². The number of piperazine rings is 1. The summed E-state index contributed by atoms with van der Waals surface area (Å²) in [5, 5.41) is 3.17. The van der Waals surface area contributed by atoms with E-state index in [1.54, 1.807) is 19.2 Å². The van der Waals surface area contributed by atoms with Crippen LogP contribution in [0.3, 0.4) is 0 Å². The van der Waals surface area contributed by atoms with Gasteiger partial charge in [0.1, 0.15) is 5.75 Å². The number of benzene rings is 2. The Balaban J connectivity index is 1.13. The van der Waals surface area contributed by atoms with Gasteiger partial charge in [0, 0.05) is 74.5 Å². The van der Waals surface area contributed by atoms with E-state index in [1.807, 2.05) is 12.1 Å². The molecule has 36 heavy (non-hydrogen) atoms. The summed E-state index contributed by atoms with van der Waals surface area (Å²) >= 11 is -0.0977. The smallest absolute Gasteiger partial charge is 0.446 e. The Morgan fingerprint density at radius 3 is 2.03 bits per heavy atom. The number of carbonyl (C=O) groups excluding carboxylic acids is 1. The van der Waals surface area contributed by atoms with Crippen LogP contribution in [-0.2, 0) is 4.79 Å². The van der Waals surface area contributed by atoms with Gasteiger partial charge in [0.05, 0.1) is 7.11 Å². The van der Waals surface area contributed by atoms with E-state index in [0.29, 0.717) is 6.42 Å². The van der Waals surface area contributed by atoms with Crippen LogP contribution in [0.15, 0.2) is 53.4 Å². The highest BCUT2D eigenvalue weighted by Crippen LogP contribution is 2.37. The summed E-state index contributed by atoms with van der Waals surface area (Å²) in [5.41, 5.74) is -2.17. The van der Waals surface area contributed by atoms with Crippen LogP contribution in [0.1, 0.15) is 19.3 Å². The molecule has 0 unspecified atom stereocenters. The number of amides is 1. The van der Waals surface area contributed by atoms with Crippen LogP contribution >= 0.6 is 11.8 Å². The van der Waals surface area contributed by atoms with Gasteiger partial charge < -0.3 is 19.9 Å². The van der Waals surface area contributed by atoms with Crippen molar-refractivity contribution in [2.45, 2.75) is 35.7 Å². The molecule has 2 saturated heterocycles. The molecule has 2 aliphatic rings. The average Bonchev–Trinajstić information content (AvgIpc) is 2.88. The SMILES string of the molecule is COc1ccc(N2CCN(CCC(=O)NC3CCN(c4ccc(SC(F)(F)F)cc4)CC3)CC2)cc1. The highest BCUT2D eigenvalue weighted by Gasteiger charge is 2.29. The quantitative estimate of drug-likeness (QED) is 0.512. The van der Waals surface area contributed by atoms with Gasteiger partial charge in [-0.3, -0.25) is 9.69 Å². The summed E-state index contributed by atoms with van der Waals surface area (Å²) in [6.45, 7) is 6.01. The summed E-state index contributed by atoms with van der Waals surface area (Å²) in [5.74, 6) is 0.936. The van der Waals surface area contributed by atoms with Crippen molar-refractivity contribution >= 4 is 29.0 Å². The molecule has 0 bridgehead atoms. The number of hydrogen-bond acceptors (Lipinski definition) is 6. The summed E-state index contributed by atoms with van der Waals surface area (Å²) in [4.78, 5) is 19.6. The third-order valence-electron chi connectivity index (χ3n) is 6.76. The van der Waals surface area contributed by atoms with Crippen molar-refractivity contribution in [1.82, 2.24) is 10.2 Å². The highest BCUT2D eigenvalue weighted by molar-refractivity contribution is 8.00. The molecular weight excluding hydrogens is 489 g/mol. The predicted octanol–water partition coefficient (Wildman–Crippen LogP) is 4.60. The molecule has 2 aromatic rings. The minimum atomic E-state index is -4.27. The Bertz CT molecular complexity index is 972. The molecular formula is C26H33F3N4O2S. The number of thioether (sulfide) groups is 1. The molecule has 2 aliphatic heterocycles. The van der Waals surface area contributed by atoms with Gasteiger partial charge in [0.15, 0.2) is 0 Å². The molecule has 0 aliphatic carbocycles. The second-order valence-corrected chi connectivity index (χ2v) is 10.3. The molecule has 1 amide bonds. The van der Waals surface area contributed by atoms with Gasteiger partial charge in [0.25, 0.3) is 0 Å². The van der Waals surface area contributed by atoms with E-state index < -0.39 is 5.51 Å². The van der Waals surface area contributed by atoms with Crippen molar-refractivity contribution in [2.75, 3.05) is 62.7 Å². The molecule has 2 fully saturated rings.